The number of nitrogens with two attached hydrogens (primary N) is 1. The highest BCUT2D eigenvalue weighted by molar-refractivity contribution is 5.84. The van der Waals surface area contributed by atoms with Gasteiger partial charge in [-0.15, -0.1) is 0 Å². The summed E-state index contributed by atoms with van der Waals surface area (Å²) in [5.41, 5.74) is 4.95. The highest BCUT2D eigenvalue weighted by atomic mass is 16.1. The van der Waals surface area contributed by atoms with Crippen LogP contribution >= 0.6 is 0 Å². The number of likely N-dealkylation sites (N-methyl/N-ethyl adjacent to an activating group) is 1. The molecule has 1 saturated heterocycles. The summed E-state index contributed by atoms with van der Waals surface area (Å²) in [4.78, 5) is 14.0. The molecule has 0 radical (unpaired) electrons. The first-order valence-corrected chi connectivity index (χ1v) is 7.79. The van der Waals surface area contributed by atoms with E-state index in [-0.39, 0.29) is 5.91 Å². The van der Waals surface area contributed by atoms with Crippen molar-refractivity contribution in [2.45, 2.75) is 58.4 Å². The molecule has 19 heavy (non-hydrogen) atoms. The van der Waals surface area contributed by atoms with Crippen molar-refractivity contribution in [2.24, 2.45) is 11.7 Å². The van der Waals surface area contributed by atoms with E-state index in [2.05, 4.69) is 17.1 Å². The maximum absolute atomic E-state index is 11.6. The fraction of sp³-hybridized carbons (Fsp3) is 0.933. The van der Waals surface area contributed by atoms with Gasteiger partial charge in [-0.05, 0) is 51.7 Å². The van der Waals surface area contributed by atoms with Crippen molar-refractivity contribution in [3.05, 3.63) is 0 Å². The van der Waals surface area contributed by atoms with Gasteiger partial charge < -0.3 is 16.0 Å². The van der Waals surface area contributed by atoms with Crippen LogP contribution in [0, 0.1) is 5.92 Å². The molecule has 1 fully saturated rings. The highest BCUT2D eigenvalue weighted by Crippen LogP contribution is 2.22. The second-order valence-electron chi connectivity index (χ2n) is 6.05. The van der Waals surface area contributed by atoms with Gasteiger partial charge >= 0.3 is 0 Å². The summed E-state index contributed by atoms with van der Waals surface area (Å²) in [7, 11) is 0. The van der Waals surface area contributed by atoms with Gasteiger partial charge in [0.25, 0.3) is 0 Å². The Labute approximate surface area is 118 Å². The van der Waals surface area contributed by atoms with Crippen LogP contribution in [0.4, 0.5) is 0 Å². The lowest BCUT2D eigenvalue weighted by Gasteiger charge is -2.35. The summed E-state index contributed by atoms with van der Waals surface area (Å²) in [6.07, 6.45) is 6.08. The monoisotopic (exact) mass is 269 g/mol. The molecule has 1 aliphatic rings. The zero-order chi connectivity index (χ0) is 14.3. The van der Waals surface area contributed by atoms with Crippen LogP contribution in [0.2, 0.25) is 0 Å². The van der Waals surface area contributed by atoms with E-state index in [1.54, 1.807) is 0 Å². The molecule has 1 rings (SSSR count). The van der Waals surface area contributed by atoms with Crippen LogP contribution in [0.1, 0.15) is 52.9 Å². The molecule has 0 aromatic rings. The summed E-state index contributed by atoms with van der Waals surface area (Å²) in [5.74, 6) is 0.674. The second-order valence-corrected chi connectivity index (χ2v) is 6.05. The average molecular weight is 269 g/mol. The van der Waals surface area contributed by atoms with E-state index in [4.69, 9.17) is 5.73 Å². The van der Waals surface area contributed by atoms with Gasteiger partial charge in [0, 0.05) is 6.54 Å². The van der Waals surface area contributed by atoms with Gasteiger partial charge in [-0.25, -0.2) is 0 Å². The van der Waals surface area contributed by atoms with Gasteiger partial charge in [0.2, 0.25) is 5.91 Å². The number of primary amides is 1. The van der Waals surface area contributed by atoms with Crippen LogP contribution in [0.25, 0.3) is 0 Å². The Morgan fingerprint density at radius 2 is 2.00 bits per heavy atom. The second kappa shape index (κ2) is 7.85. The number of carbonyl (C=O) groups is 1. The molecular weight excluding hydrogens is 238 g/mol. The minimum atomic E-state index is -0.560. The molecule has 1 unspecified atom stereocenters. The number of hydrogen-bond acceptors (Lipinski definition) is 3. The fourth-order valence-corrected chi connectivity index (χ4v) is 2.98. The minimum absolute atomic E-state index is 0.241. The molecule has 3 N–H and O–H groups in total. The quantitative estimate of drug-likeness (QED) is 0.706. The molecule has 112 valence electrons. The number of piperidine rings is 1. The SMILES string of the molecule is CCCC1CCN(CCC(C)(NCC)C(N)=O)CC1. The van der Waals surface area contributed by atoms with Crippen molar-refractivity contribution in [3.8, 4) is 0 Å². The molecule has 0 spiro atoms. The van der Waals surface area contributed by atoms with Crippen molar-refractivity contribution in [2.75, 3.05) is 26.2 Å². The highest BCUT2D eigenvalue weighted by Gasteiger charge is 2.30. The normalized spacial score (nSPS) is 21.2. The number of likely N-dealkylation sites (tertiary alicyclic amines) is 1. The molecule has 1 heterocycles. The Hall–Kier alpha value is -0.610. The van der Waals surface area contributed by atoms with Crippen molar-refractivity contribution >= 4 is 5.91 Å². The van der Waals surface area contributed by atoms with Gasteiger partial charge in [0.05, 0.1) is 5.54 Å². The molecule has 4 heteroatoms. The third-order valence-corrected chi connectivity index (χ3v) is 4.44. The number of nitrogens with one attached hydrogen (secondary N) is 1. The first-order chi connectivity index (χ1) is 9.01. The predicted octanol–water partition coefficient (Wildman–Crippen LogP) is 1.74. The molecule has 1 aliphatic heterocycles. The van der Waals surface area contributed by atoms with Crippen molar-refractivity contribution in [3.63, 3.8) is 0 Å². The van der Waals surface area contributed by atoms with Gasteiger partial charge in [0.15, 0.2) is 0 Å². The zero-order valence-corrected chi connectivity index (χ0v) is 12.9. The third-order valence-electron chi connectivity index (χ3n) is 4.44. The summed E-state index contributed by atoms with van der Waals surface area (Å²) in [5, 5.41) is 3.23. The molecule has 1 amide bonds. The summed E-state index contributed by atoms with van der Waals surface area (Å²) < 4.78 is 0. The molecule has 0 aromatic heterocycles. The lowest BCUT2D eigenvalue weighted by Crippen LogP contribution is -2.54. The maximum atomic E-state index is 11.6. The largest absolute Gasteiger partial charge is 0.368 e. The Balaban J connectivity index is 2.34. The van der Waals surface area contributed by atoms with Crippen molar-refractivity contribution in [1.29, 1.82) is 0 Å². The van der Waals surface area contributed by atoms with Crippen LogP contribution in [0.5, 0.6) is 0 Å². The van der Waals surface area contributed by atoms with E-state index < -0.39 is 5.54 Å². The maximum Gasteiger partial charge on any atom is 0.237 e. The summed E-state index contributed by atoms with van der Waals surface area (Å²) in [6.45, 7) is 10.3. The molecule has 4 nitrogen and oxygen atoms in total. The zero-order valence-electron chi connectivity index (χ0n) is 12.9. The fourth-order valence-electron chi connectivity index (χ4n) is 2.98. The molecular formula is C15H31N3O. The molecule has 0 saturated carbocycles. The Morgan fingerprint density at radius 1 is 1.37 bits per heavy atom. The minimum Gasteiger partial charge on any atom is -0.368 e. The Bertz CT molecular complexity index is 275. The lowest BCUT2D eigenvalue weighted by atomic mass is 9.91. The Kier molecular flexibility index (Phi) is 6.80. The van der Waals surface area contributed by atoms with Gasteiger partial charge in [-0.1, -0.05) is 26.7 Å². The molecule has 0 aromatic carbocycles. The molecule has 0 bridgehead atoms. The number of hydrogen-bond donors (Lipinski definition) is 2. The average Bonchev–Trinajstić information content (AvgIpc) is 2.38. The van der Waals surface area contributed by atoms with E-state index in [1.165, 1.54) is 38.8 Å². The van der Waals surface area contributed by atoms with Gasteiger partial charge in [0.1, 0.15) is 0 Å². The van der Waals surface area contributed by atoms with Crippen molar-refractivity contribution < 1.29 is 4.79 Å². The van der Waals surface area contributed by atoms with Crippen LogP contribution < -0.4 is 11.1 Å². The van der Waals surface area contributed by atoms with E-state index in [1.807, 2.05) is 13.8 Å². The first kappa shape index (κ1) is 16.4. The smallest absolute Gasteiger partial charge is 0.237 e. The molecule has 0 aliphatic carbocycles. The molecule has 1 atom stereocenters. The topological polar surface area (TPSA) is 58.4 Å². The number of nitrogens with zero attached hydrogens (tertiary/aromatic N) is 1. The van der Waals surface area contributed by atoms with E-state index in [0.717, 1.165) is 25.4 Å². The van der Waals surface area contributed by atoms with Gasteiger partial charge in [-0.2, -0.15) is 0 Å². The van der Waals surface area contributed by atoms with Crippen molar-refractivity contribution in [1.82, 2.24) is 10.2 Å². The number of amides is 1. The number of carbonyl (C=O) groups excluding carboxylic acids is 1. The summed E-state index contributed by atoms with van der Waals surface area (Å²) in [6, 6.07) is 0. The van der Waals surface area contributed by atoms with Crippen LogP contribution in [-0.4, -0.2) is 42.5 Å². The summed E-state index contributed by atoms with van der Waals surface area (Å²) >= 11 is 0. The van der Waals surface area contributed by atoms with E-state index in [9.17, 15) is 4.79 Å². The lowest BCUT2D eigenvalue weighted by molar-refractivity contribution is -0.124. The van der Waals surface area contributed by atoms with Crippen LogP contribution in [-0.2, 0) is 4.79 Å². The predicted molar refractivity (Wildman–Crippen MR) is 80.0 cm³/mol. The first-order valence-electron chi connectivity index (χ1n) is 7.79. The Morgan fingerprint density at radius 3 is 2.47 bits per heavy atom. The van der Waals surface area contributed by atoms with E-state index in [0.29, 0.717) is 0 Å². The van der Waals surface area contributed by atoms with Crippen LogP contribution in [0.3, 0.4) is 0 Å². The standard InChI is InChI=1S/C15H31N3O/c1-4-6-13-7-10-18(11-8-13)12-9-15(3,14(16)19)17-5-2/h13,17H,4-12H2,1-3H3,(H2,16,19). The van der Waals surface area contributed by atoms with Crippen LogP contribution in [0.15, 0.2) is 0 Å². The van der Waals surface area contributed by atoms with Gasteiger partial charge in [-0.3, -0.25) is 4.79 Å². The number of rotatable bonds is 8. The third kappa shape index (κ3) is 5.11. The van der Waals surface area contributed by atoms with E-state index >= 15 is 0 Å².